The fourth-order valence-corrected chi connectivity index (χ4v) is 6.21. The van der Waals surface area contributed by atoms with Crippen LogP contribution in [0, 0.1) is 11.8 Å². The van der Waals surface area contributed by atoms with Crippen molar-refractivity contribution in [3.05, 3.63) is 82.7 Å². The molecule has 3 heterocycles. The van der Waals surface area contributed by atoms with E-state index in [1.54, 1.807) is 30.1 Å². The minimum absolute atomic E-state index is 0.152. The van der Waals surface area contributed by atoms with E-state index in [-0.39, 0.29) is 11.8 Å². The molecule has 0 saturated carbocycles. The van der Waals surface area contributed by atoms with Crippen LogP contribution in [0.3, 0.4) is 0 Å². The molecule has 2 fully saturated rings. The van der Waals surface area contributed by atoms with Gasteiger partial charge in [-0.2, -0.15) is 0 Å². The van der Waals surface area contributed by atoms with Crippen molar-refractivity contribution in [1.82, 2.24) is 15.0 Å². The van der Waals surface area contributed by atoms with Crippen molar-refractivity contribution < 1.29 is 19.2 Å². The first-order valence-electron chi connectivity index (χ1n) is 14.1. The van der Waals surface area contributed by atoms with Gasteiger partial charge in [-0.3, -0.25) is 9.59 Å². The molecule has 8 nitrogen and oxygen atoms in total. The highest BCUT2D eigenvalue weighted by atomic mass is 35.5. The largest absolute Gasteiger partial charge is 0.378 e. The molecule has 1 atom stereocenters. The van der Waals surface area contributed by atoms with Crippen LogP contribution in [0.2, 0.25) is 5.02 Å². The summed E-state index contributed by atoms with van der Waals surface area (Å²) < 4.78 is 4.85. The number of carbonyl (C=O) groups excluding carboxylic acids is 2. The van der Waals surface area contributed by atoms with Crippen LogP contribution in [0.4, 0.5) is 5.69 Å². The van der Waals surface area contributed by atoms with Crippen molar-refractivity contribution in [2.75, 3.05) is 38.1 Å². The predicted molar refractivity (Wildman–Crippen MR) is 154 cm³/mol. The quantitative estimate of drug-likeness (QED) is 0.405. The molecule has 2 saturated heterocycles. The SMILES string of the molecule is CN(Cc1ccon1)C(=O)c1ccc(N2CCC(CC3CCN(C(=O)C(O)c4ccccc4)CC3)CC2)cc1Cl. The van der Waals surface area contributed by atoms with Gasteiger partial charge in [0.1, 0.15) is 12.0 Å². The molecular formula is C31H37ClN4O4. The van der Waals surface area contributed by atoms with Gasteiger partial charge in [0.15, 0.2) is 6.10 Å². The van der Waals surface area contributed by atoms with E-state index in [4.69, 9.17) is 16.1 Å². The fraction of sp³-hybridized carbons (Fsp3) is 0.452. The molecule has 2 aromatic carbocycles. The monoisotopic (exact) mass is 564 g/mol. The number of piperidine rings is 2. The average molecular weight is 565 g/mol. The zero-order valence-corrected chi connectivity index (χ0v) is 23.7. The van der Waals surface area contributed by atoms with Crippen LogP contribution in [0.5, 0.6) is 0 Å². The van der Waals surface area contributed by atoms with Gasteiger partial charge in [0.25, 0.3) is 11.8 Å². The summed E-state index contributed by atoms with van der Waals surface area (Å²) in [6.45, 7) is 3.70. The van der Waals surface area contributed by atoms with Gasteiger partial charge in [0.2, 0.25) is 0 Å². The number of hydrogen-bond donors (Lipinski definition) is 1. The van der Waals surface area contributed by atoms with Crippen LogP contribution in [-0.4, -0.2) is 65.1 Å². The molecule has 3 aromatic rings. The Morgan fingerprint density at radius 2 is 1.70 bits per heavy atom. The van der Waals surface area contributed by atoms with E-state index < -0.39 is 6.10 Å². The number of anilines is 1. The van der Waals surface area contributed by atoms with Gasteiger partial charge in [-0.25, -0.2) is 0 Å². The molecule has 0 radical (unpaired) electrons. The molecule has 0 aliphatic carbocycles. The lowest BCUT2D eigenvalue weighted by molar-refractivity contribution is -0.142. The molecule has 212 valence electrons. The second kappa shape index (κ2) is 12.9. The highest BCUT2D eigenvalue weighted by Crippen LogP contribution is 2.33. The zero-order valence-electron chi connectivity index (χ0n) is 22.9. The Bertz CT molecular complexity index is 1270. The van der Waals surface area contributed by atoms with Gasteiger partial charge in [0.05, 0.1) is 17.1 Å². The summed E-state index contributed by atoms with van der Waals surface area (Å²) >= 11 is 6.56. The Labute approximate surface area is 240 Å². The van der Waals surface area contributed by atoms with Gasteiger partial charge >= 0.3 is 0 Å². The van der Waals surface area contributed by atoms with E-state index in [0.717, 1.165) is 44.5 Å². The van der Waals surface area contributed by atoms with Crippen LogP contribution < -0.4 is 4.90 Å². The third kappa shape index (κ3) is 6.67. The number of hydrogen-bond acceptors (Lipinski definition) is 6. The maximum Gasteiger partial charge on any atom is 0.256 e. The number of carbonyl (C=O) groups is 2. The van der Waals surface area contributed by atoms with Gasteiger partial charge in [-0.05, 0) is 67.7 Å². The van der Waals surface area contributed by atoms with Crippen molar-refractivity contribution in [3.8, 4) is 0 Å². The van der Waals surface area contributed by atoms with Crippen molar-refractivity contribution in [3.63, 3.8) is 0 Å². The molecule has 0 spiro atoms. The van der Waals surface area contributed by atoms with E-state index >= 15 is 0 Å². The van der Waals surface area contributed by atoms with Crippen LogP contribution >= 0.6 is 11.6 Å². The molecular weight excluding hydrogens is 528 g/mol. The third-order valence-electron chi connectivity index (χ3n) is 8.34. The topological polar surface area (TPSA) is 90.1 Å². The summed E-state index contributed by atoms with van der Waals surface area (Å²) in [5.74, 6) is 0.940. The maximum atomic E-state index is 12.9. The highest BCUT2D eigenvalue weighted by molar-refractivity contribution is 6.34. The Kier molecular flexibility index (Phi) is 9.07. The number of benzene rings is 2. The molecule has 2 aliphatic heterocycles. The Hall–Kier alpha value is -3.36. The van der Waals surface area contributed by atoms with Crippen LogP contribution in [0.15, 0.2) is 65.4 Å². The van der Waals surface area contributed by atoms with Gasteiger partial charge in [-0.1, -0.05) is 47.1 Å². The van der Waals surface area contributed by atoms with E-state index in [9.17, 15) is 14.7 Å². The molecule has 1 aromatic heterocycles. The number of likely N-dealkylation sites (tertiary alicyclic amines) is 1. The zero-order chi connectivity index (χ0) is 28.1. The van der Waals surface area contributed by atoms with Crippen LogP contribution in [-0.2, 0) is 11.3 Å². The summed E-state index contributed by atoms with van der Waals surface area (Å²) in [5.41, 5.74) is 2.86. The number of nitrogens with zero attached hydrogens (tertiary/aromatic N) is 4. The number of rotatable bonds is 8. The number of amides is 2. The highest BCUT2D eigenvalue weighted by Gasteiger charge is 2.30. The minimum atomic E-state index is -1.08. The average Bonchev–Trinajstić information content (AvgIpc) is 3.50. The van der Waals surface area contributed by atoms with Gasteiger partial charge in [0, 0.05) is 45.0 Å². The molecule has 2 aliphatic rings. The molecule has 9 heteroatoms. The summed E-state index contributed by atoms with van der Waals surface area (Å²) in [7, 11) is 1.72. The van der Waals surface area contributed by atoms with Crippen LogP contribution in [0.1, 0.15) is 59.8 Å². The first kappa shape index (κ1) is 28.2. The normalized spacial score (nSPS) is 17.6. The van der Waals surface area contributed by atoms with E-state index in [2.05, 4.69) is 10.1 Å². The van der Waals surface area contributed by atoms with Crippen molar-refractivity contribution >= 4 is 29.1 Å². The summed E-state index contributed by atoms with van der Waals surface area (Å²) in [5, 5.41) is 14.8. The molecule has 40 heavy (non-hydrogen) atoms. The summed E-state index contributed by atoms with van der Waals surface area (Å²) in [4.78, 5) is 31.4. The molecule has 5 rings (SSSR count). The van der Waals surface area contributed by atoms with Gasteiger partial charge in [-0.15, -0.1) is 0 Å². The van der Waals surface area contributed by atoms with Gasteiger partial charge < -0.3 is 24.3 Å². The summed E-state index contributed by atoms with van der Waals surface area (Å²) in [6, 6.07) is 16.6. The first-order chi connectivity index (χ1) is 19.4. The lowest BCUT2D eigenvalue weighted by atomic mass is 9.82. The van der Waals surface area contributed by atoms with Crippen molar-refractivity contribution in [1.29, 1.82) is 0 Å². The third-order valence-corrected chi connectivity index (χ3v) is 8.65. The smallest absolute Gasteiger partial charge is 0.256 e. The number of aliphatic hydroxyl groups is 1. The summed E-state index contributed by atoms with van der Waals surface area (Å²) in [6.07, 6.45) is 5.80. The Balaban J connectivity index is 1.07. The predicted octanol–water partition coefficient (Wildman–Crippen LogP) is 5.18. The molecule has 1 unspecified atom stereocenters. The van der Waals surface area contributed by atoms with Crippen LogP contribution in [0.25, 0.3) is 0 Å². The van der Waals surface area contributed by atoms with Crippen molar-refractivity contribution in [2.24, 2.45) is 11.8 Å². The number of aliphatic hydroxyl groups excluding tert-OH is 1. The minimum Gasteiger partial charge on any atom is -0.378 e. The fourth-order valence-electron chi connectivity index (χ4n) is 5.95. The second-order valence-electron chi connectivity index (χ2n) is 11.1. The molecule has 0 bridgehead atoms. The van der Waals surface area contributed by atoms with Crippen molar-refractivity contribution in [2.45, 2.75) is 44.8 Å². The van der Waals surface area contributed by atoms with E-state index in [1.807, 2.05) is 41.3 Å². The number of halogens is 1. The van der Waals surface area contributed by atoms with E-state index in [1.165, 1.54) is 12.7 Å². The van der Waals surface area contributed by atoms with E-state index in [0.29, 0.717) is 53.3 Å². The first-order valence-corrected chi connectivity index (χ1v) is 14.5. The molecule has 1 N–H and O–H groups in total. The second-order valence-corrected chi connectivity index (χ2v) is 11.5. The molecule has 2 amide bonds. The lowest BCUT2D eigenvalue weighted by Crippen LogP contribution is -2.42. The number of aromatic nitrogens is 1. The standard InChI is InChI=1S/C31H37ClN4O4/c1-34(21-25-13-18-40-33-25)30(38)27-8-7-26(20-28(27)32)35-14-9-22(10-15-35)19-23-11-16-36(17-12-23)31(39)29(37)24-5-3-2-4-6-24/h2-8,13,18,20,22-23,29,37H,9-12,14-17,19,21H2,1H3. The maximum absolute atomic E-state index is 12.9. The Morgan fingerprint density at radius 3 is 2.33 bits per heavy atom. The Morgan fingerprint density at radius 1 is 1.02 bits per heavy atom. The lowest BCUT2D eigenvalue weighted by Gasteiger charge is -2.38.